The van der Waals surface area contributed by atoms with Gasteiger partial charge in [-0.05, 0) is 31.1 Å². The predicted molar refractivity (Wildman–Crippen MR) is 91.1 cm³/mol. The summed E-state index contributed by atoms with van der Waals surface area (Å²) in [6, 6.07) is 0.479. The van der Waals surface area contributed by atoms with E-state index in [9.17, 15) is 0 Å². The molecule has 1 aliphatic heterocycles. The summed E-state index contributed by atoms with van der Waals surface area (Å²) in [7, 11) is 1.89. The van der Waals surface area contributed by atoms with Gasteiger partial charge < -0.3 is 15.4 Å². The van der Waals surface area contributed by atoms with Crippen LogP contribution in [0.15, 0.2) is 4.99 Å². The van der Waals surface area contributed by atoms with Gasteiger partial charge in [-0.3, -0.25) is 4.99 Å². The average molecular weight is 307 g/mol. The first-order valence-electron chi connectivity index (χ1n) is 9.11. The van der Waals surface area contributed by atoms with Gasteiger partial charge in [-0.1, -0.05) is 33.6 Å². The van der Waals surface area contributed by atoms with E-state index >= 15 is 0 Å². The van der Waals surface area contributed by atoms with E-state index < -0.39 is 0 Å². The fraction of sp³-hybridized carbons (Fsp3) is 0.944. The molecular formula is C18H33N3O. The minimum Gasteiger partial charge on any atom is -0.377 e. The number of hydrogen-bond donors (Lipinski definition) is 2. The Morgan fingerprint density at radius 2 is 2.00 bits per heavy atom. The Morgan fingerprint density at radius 3 is 2.64 bits per heavy atom. The van der Waals surface area contributed by atoms with Crippen LogP contribution in [0.4, 0.5) is 0 Å². The van der Waals surface area contributed by atoms with Gasteiger partial charge in [-0.2, -0.15) is 0 Å². The second-order valence-electron chi connectivity index (χ2n) is 8.17. The molecule has 0 amide bonds. The molecule has 0 aromatic heterocycles. The van der Waals surface area contributed by atoms with Crippen molar-refractivity contribution in [3.63, 3.8) is 0 Å². The van der Waals surface area contributed by atoms with Crippen molar-refractivity contribution in [2.24, 2.45) is 21.7 Å². The molecule has 0 aromatic rings. The highest BCUT2D eigenvalue weighted by Gasteiger charge is 2.59. The number of aliphatic imine (C=N–C) groups is 1. The third kappa shape index (κ3) is 2.64. The molecular weight excluding hydrogens is 274 g/mol. The summed E-state index contributed by atoms with van der Waals surface area (Å²) in [4.78, 5) is 4.47. The Labute approximate surface area is 135 Å². The van der Waals surface area contributed by atoms with E-state index in [2.05, 4.69) is 36.4 Å². The molecule has 3 rings (SSSR count). The van der Waals surface area contributed by atoms with E-state index in [1.54, 1.807) is 0 Å². The zero-order valence-corrected chi connectivity index (χ0v) is 14.7. The molecule has 3 unspecified atom stereocenters. The summed E-state index contributed by atoms with van der Waals surface area (Å²) < 4.78 is 5.89. The summed E-state index contributed by atoms with van der Waals surface area (Å²) in [5.41, 5.74) is 0.695. The first kappa shape index (κ1) is 16.1. The average Bonchev–Trinajstić information content (AvgIpc) is 3.16. The second-order valence-corrected chi connectivity index (χ2v) is 8.17. The molecule has 3 atom stereocenters. The predicted octanol–water partition coefficient (Wildman–Crippen LogP) is 2.94. The molecule has 0 spiro atoms. The van der Waals surface area contributed by atoms with E-state index in [1.165, 1.54) is 38.5 Å². The van der Waals surface area contributed by atoms with Gasteiger partial charge in [0.25, 0.3) is 0 Å². The van der Waals surface area contributed by atoms with Gasteiger partial charge in [-0.15, -0.1) is 0 Å². The fourth-order valence-corrected chi connectivity index (χ4v) is 5.01. The molecule has 1 saturated heterocycles. The molecule has 2 N–H and O–H groups in total. The molecule has 3 aliphatic rings. The number of rotatable bonds is 4. The Kier molecular flexibility index (Phi) is 4.41. The molecule has 2 aliphatic carbocycles. The van der Waals surface area contributed by atoms with Crippen molar-refractivity contribution >= 4 is 5.96 Å². The highest BCUT2D eigenvalue weighted by molar-refractivity contribution is 5.80. The Morgan fingerprint density at radius 1 is 1.27 bits per heavy atom. The monoisotopic (exact) mass is 307 g/mol. The van der Waals surface area contributed by atoms with Crippen LogP contribution in [0.5, 0.6) is 0 Å². The van der Waals surface area contributed by atoms with Crippen LogP contribution in [0.25, 0.3) is 0 Å². The maximum atomic E-state index is 5.89. The summed E-state index contributed by atoms with van der Waals surface area (Å²) in [6.07, 6.45) is 8.38. The van der Waals surface area contributed by atoms with Gasteiger partial charge in [0.1, 0.15) is 0 Å². The third-order valence-electron chi connectivity index (χ3n) is 6.66. The molecule has 1 heterocycles. The van der Waals surface area contributed by atoms with Crippen molar-refractivity contribution in [3.8, 4) is 0 Å². The lowest BCUT2D eigenvalue weighted by molar-refractivity contribution is -0.106. The number of ether oxygens (including phenoxy) is 1. The smallest absolute Gasteiger partial charge is 0.191 e. The van der Waals surface area contributed by atoms with Crippen molar-refractivity contribution in [1.82, 2.24) is 10.6 Å². The Balaban J connectivity index is 1.56. The number of hydrogen-bond acceptors (Lipinski definition) is 2. The minimum atomic E-state index is 0.203. The summed E-state index contributed by atoms with van der Waals surface area (Å²) in [5, 5.41) is 7.31. The summed E-state index contributed by atoms with van der Waals surface area (Å²) in [5.74, 6) is 1.63. The number of nitrogens with one attached hydrogen (secondary N) is 2. The van der Waals surface area contributed by atoms with E-state index in [4.69, 9.17) is 4.74 Å². The number of nitrogens with zero attached hydrogens (tertiary/aromatic N) is 1. The molecule has 0 aromatic carbocycles. The molecule has 4 nitrogen and oxygen atoms in total. The van der Waals surface area contributed by atoms with E-state index in [0.717, 1.165) is 19.1 Å². The second kappa shape index (κ2) is 6.03. The standard InChI is InChI=1S/C18H33N3O/c1-5-18(9-6-7-10-18)12-20-16(19-4)21-14-13-8-11-22-15(13)17(14,2)3/h13-15H,5-12H2,1-4H3,(H2,19,20,21). The van der Waals surface area contributed by atoms with Crippen LogP contribution in [0, 0.1) is 16.7 Å². The highest BCUT2D eigenvalue weighted by Crippen LogP contribution is 2.52. The van der Waals surface area contributed by atoms with Gasteiger partial charge in [0.2, 0.25) is 0 Å². The highest BCUT2D eigenvalue weighted by atomic mass is 16.5. The maximum Gasteiger partial charge on any atom is 0.191 e. The lowest BCUT2D eigenvalue weighted by atomic mass is 9.57. The van der Waals surface area contributed by atoms with Crippen molar-refractivity contribution in [1.29, 1.82) is 0 Å². The fourth-order valence-electron chi connectivity index (χ4n) is 5.01. The molecule has 2 saturated carbocycles. The van der Waals surface area contributed by atoms with Crippen LogP contribution in [-0.2, 0) is 4.74 Å². The Bertz CT molecular complexity index is 426. The maximum absolute atomic E-state index is 5.89. The van der Waals surface area contributed by atoms with Crippen LogP contribution >= 0.6 is 0 Å². The van der Waals surface area contributed by atoms with Crippen LogP contribution < -0.4 is 10.6 Å². The first-order valence-corrected chi connectivity index (χ1v) is 9.11. The van der Waals surface area contributed by atoms with Crippen molar-refractivity contribution in [3.05, 3.63) is 0 Å². The number of guanidine groups is 1. The molecule has 3 fully saturated rings. The third-order valence-corrected chi connectivity index (χ3v) is 6.66. The van der Waals surface area contributed by atoms with Gasteiger partial charge in [-0.25, -0.2) is 0 Å². The molecule has 0 bridgehead atoms. The largest absolute Gasteiger partial charge is 0.377 e. The summed E-state index contributed by atoms with van der Waals surface area (Å²) >= 11 is 0. The van der Waals surface area contributed by atoms with Gasteiger partial charge in [0, 0.05) is 37.6 Å². The first-order chi connectivity index (χ1) is 10.5. The van der Waals surface area contributed by atoms with Crippen LogP contribution in [-0.4, -0.2) is 38.3 Å². The van der Waals surface area contributed by atoms with Crippen molar-refractivity contribution in [2.45, 2.75) is 71.4 Å². The quantitative estimate of drug-likeness (QED) is 0.620. The van der Waals surface area contributed by atoms with E-state index in [1.807, 2.05) is 7.05 Å². The lowest BCUT2D eigenvalue weighted by Crippen LogP contribution is -2.68. The molecule has 22 heavy (non-hydrogen) atoms. The summed E-state index contributed by atoms with van der Waals surface area (Å²) in [6.45, 7) is 8.94. The minimum absolute atomic E-state index is 0.203. The van der Waals surface area contributed by atoms with Gasteiger partial charge >= 0.3 is 0 Å². The van der Waals surface area contributed by atoms with Crippen LogP contribution in [0.1, 0.15) is 59.3 Å². The van der Waals surface area contributed by atoms with Gasteiger partial charge in [0.15, 0.2) is 5.96 Å². The lowest BCUT2D eigenvalue weighted by Gasteiger charge is -2.55. The number of fused-ring (bicyclic) bond motifs is 1. The zero-order valence-electron chi connectivity index (χ0n) is 14.7. The van der Waals surface area contributed by atoms with Crippen LogP contribution in [0.3, 0.4) is 0 Å². The zero-order chi connectivity index (χ0) is 15.8. The van der Waals surface area contributed by atoms with Crippen molar-refractivity contribution in [2.75, 3.05) is 20.2 Å². The molecule has 126 valence electrons. The SMILES string of the molecule is CCC1(CNC(=NC)NC2C3CCOC3C2(C)C)CCCC1. The topological polar surface area (TPSA) is 45.7 Å². The van der Waals surface area contributed by atoms with E-state index in [-0.39, 0.29) is 5.41 Å². The molecule has 0 radical (unpaired) electrons. The normalized spacial score (nSPS) is 35.8. The van der Waals surface area contributed by atoms with Crippen molar-refractivity contribution < 1.29 is 4.74 Å². The molecule has 4 heteroatoms. The van der Waals surface area contributed by atoms with Gasteiger partial charge in [0.05, 0.1) is 6.10 Å². The Hall–Kier alpha value is -0.770. The van der Waals surface area contributed by atoms with E-state index in [0.29, 0.717) is 23.5 Å². The van der Waals surface area contributed by atoms with Crippen LogP contribution in [0.2, 0.25) is 0 Å².